The second kappa shape index (κ2) is 7.33. The lowest BCUT2D eigenvalue weighted by atomic mass is 9.97. The quantitative estimate of drug-likeness (QED) is 0.859. The van der Waals surface area contributed by atoms with Crippen LogP contribution in [-0.4, -0.2) is 19.0 Å². The van der Waals surface area contributed by atoms with Crippen LogP contribution in [0.15, 0.2) is 18.2 Å². The van der Waals surface area contributed by atoms with Gasteiger partial charge in [-0.25, -0.2) is 0 Å². The number of amides is 1. The molecule has 0 aromatic heterocycles. The van der Waals surface area contributed by atoms with Gasteiger partial charge in [0, 0.05) is 11.6 Å². The van der Waals surface area contributed by atoms with Gasteiger partial charge in [-0.1, -0.05) is 11.6 Å². The fourth-order valence-corrected chi connectivity index (χ4v) is 2.37. The molecule has 21 heavy (non-hydrogen) atoms. The second-order valence-electron chi connectivity index (χ2n) is 4.71. The number of anilines is 1. The number of hydrogen-bond acceptors (Lipinski definition) is 2. The van der Waals surface area contributed by atoms with E-state index in [1.165, 1.54) is 6.07 Å². The number of carbonyl (C=O) groups is 1. The summed E-state index contributed by atoms with van der Waals surface area (Å²) < 4.78 is 38.1. The van der Waals surface area contributed by atoms with Crippen molar-refractivity contribution in [1.29, 1.82) is 0 Å². The Balaban J connectivity index is 0.00000220. The first-order valence-electron chi connectivity index (χ1n) is 6.26. The molecule has 1 aromatic carbocycles. The number of alkyl halides is 3. The molecule has 1 saturated heterocycles. The highest BCUT2D eigenvalue weighted by molar-refractivity contribution is 6.31. The Hall–Kier alpha value is -0.980. The molecule has 1 aliphatic rings. The van der Waals surface area contributed by atoms with Crippen LogP contribution in [0.2, 0.25) is 5.02 Å². The van der Waals surface area contributed by atoms with Crippen LogP contribution in [0.5, 0.6) is 0 Å². The smallest absolute Gasteiger partial charge is 0.326 e. The molecule has 0 radical (unpaired) electrons. The molecule has 3 nitrogen and oxygen atoms in total. The van der Waals surface area contributed by atoms with Crippen LogP contribution in [0.25, 0.3) is 0 Å². The van der Waals surface area contributed by atoms with E-state index in [0.29, 0.717) is 12.8 Å². The van der Waals surface area contributed by atoms with Crippen molar-refractivity contribution in [2.75, 3.05) is 18.4 Å². The van der Waals surface area contributed by atoms with Crippen LogP contribution in [0, 0.1) is 5.92 Å². The maximum absolute atomic E-state index is 12.7. The van der Waals surface area contributed by atoms with E-state index in [4.69, 9.17) is 11.6 Å². The molecular formula is C13H15Cl2F3N2O. The number of nitrogens with one attached hydrogen (secondary N) is 2. The molecule has 0 saturated carbocycles. The van der Waals surface area contributed by atoms with Crippen molar-refractivity contribution in [2.45, 2.75) is 19.0 Å². The van der Waals surface area contributed by atoms with Gasteiger partial charge in [0.05, 0.1) is 10.6 Å². The summed E-state index contributed by atoms with van der Waals surface area (Å²) in [5.41, 5.74) is -0.826. The van der Waals surface area contributed by atoms with E-state index in [1.807, 2.05) is 0 Å². The molecule has 1 aliphatic heterocycles. The predicted molar refractivity (Wildman–Crippen MR) is 77.9 cm³/mol. The van der Waals surface area contributed by atoms with Crippen LogP contribution < -0.4 is 10.6 Å². The number of benzene rings is 1. The summed E-state index contributed by atoms with van der Waals surface area (Å²) in [5.74, 6) is -0.414. The van der Waals surface area contributed by atoms with Crippen molar-refractivity contribution in [2.24, 2.45) is 5.92 Å². The van der Waals surface area contributed by atoms with Crippen molar-refractivity contribution >= 4 is 35.6 Å². The molecule has 8 heteroatoms. The summed E-state index contributed by atoms with van der Waals surface area (Å²) in [4.78, 5) is 12.0. The lowest BCUT2D eigenvalue weighted by Crippen LogP contribution is -2.34. The third-order valence-electron chi connectivity index (χ3n) is 3.25. The summed E-state index contributed by atoms with van der Waals surface area (Å²) in [6.07, 6.45) is -3.16. The minimum atomic E-state index is -4.54. The van der Waals surface area contributed by atoms with Gasteiger partial charge in [0.2, 0.25) is 5.91 Å². The minimum Gasteiger partial charge on any atom is -0.326 e. The van der Waals surface area contributed by atoms with Gasteiger partial charge in [0.15, 0.2) is 0 Å². The van der Waals surface area contributed by atoms with E-state index in [0.717, 1.165) is 25.2 Å². The SMILES string of the molecule is Cl.O=C(Nc1ccc(Cl)c(C(F)(F)F)c1)C1CCNCC1. The van der Waals surface area contributed by atoms with Crippen LogP contribution in [0.3, 0.4) is 0 Å². The average Bonchev–Trinajstić information content (AvgIpc) is 2.40. The van der Waals surface area contributed by atoms with E-state index in [-0.39, 0.29) is 34.9 Å². The van der Waals surface area contributed by atoms with Crippen molar-refractivity contribution in [1.82, 2.24) is 5.32 Å². The first-order chi connectivity index (χ1) is 9.38. The van der Waals surface area contributed by atoms with Crippen molar-refractivity contribution in [3.63, 3.8) is 0 Å². The lowest BCUT2D eigenvalue weighted by molar-refractivity contribution is -0.137. The predicted octanol–water partition coefficient (Wildman–Crippen LogP) is 3.72. The topological polar surface area (TPSA) is 41.1 Å². The number of halogens is 5. The number of piperidine rings is 1. The highest BCUT2D eigenvalue weighted by Gasteiger charge is 2.33. The summed E-state index contributed by atoms with van der Waals surface area (Å²) in [6.45, 7) is 1.49. The number of rotatable bonds is 2. The minimum absolute atomic E-state index is 0. The molecule has 2 N–H and O–H groups in total. The summed E-state index contributed by atoms with van der Waals surface area (Å²) in [5, 5.41) is 5.27. The Kier molecular flexibility index (Phi) is 6.31. The van der Waals surface area contributed by atoms with Crippen molar-refractivity contribution < 1.29 is 18.0 Å². The third kappa shape index (κ3) is 4.76. The van der Waals surface area contributed by atoms with E-state index < -0.39 is 11.7 Å². The maximum atomic E-state index is 12.7. The summed E-state index contributed by atoms with van der Waals surface area (Å²) in [6, 6.07) is 3.38. The zero-order valence-electron chi connectivity index (χ0n) is 11.0. The fourth-order valence-electron chi connectivity index (χ4n) is 2.15. The van der Waals surface area contributed by atoms with E-state index in [2.05, 4.69) is 10.6 Å². The molecule has 2 rings (SSSR count). The zero-order valence-corrected chi connectivity index (χ0v) is 12.5. The van der Waals surface area contributed by atoms with Gasteiger partial charge in [0.1, 0.15) is 0 Å². The van der Waals surface area contributed by atoms with Gasteiger partial charge >= 0.3 is 6.18 Å². The van der Waals surface area contributed by atoms with Crippen LogP contribution in [0.4, 0.5) is 18.9 Å². The molecule has 0 aliphatic carbocycles. The normalized spacial score (nSPS) is 16.2. The van der Waals surface area contributed by atoms with Gasteiger partial charge in [-0.05, 0) is 44.1 Å². The average molecular weight is 343 g/mol. The van der Waals surface area contributed by atoms with Crippen LogP contribution in [0.1, 0.15) is 18.4 Å². The van der Waals surface area contributed by atoms with Crippen molar-refractivity contribution in [3.05, 3.63) is 28.8 Å². The standard InChI is InChI=1S/C13H14ClF3N2O.ClH/c14-11-2-1-9(7-10(11)13(15,16)17)19-12(20)8-3-5-18-6-4-8;/h1-2,7-8,18H,3-6H2,(H,19,20);1H. The Morgan fingerprint density at radius 1 is 1.29 bits per heavy atom. The van der Waals surface area contributed by atoms with E-state index in [1.54, 1.807) is 0 Å². The molecule has 118 valence electrons. The Morgan fingerprint density at radius 2 is 1.90 bits per heavy atom. The van der Waals surface area contributed by atoms with E-state index >= 15 is 0 Å². The fraction of sp³-hybridized carbons (Fsp3) is 0.462. The highest BCUT2D eigenvalue weighted by atomic mass is 35.5. The number of carbonyl (C=O) groups excluding carboxylic acids is 1. The lowest BCUT2D eigenvalue weighted by Gasteiger charge is -2.22. The number of hydrogen-bond donors (Lipinski definition) is 2. The molecule has 0 bridgehead atoms. The zero-order chi connectivity index (χ0) is 14.8. The molecule has 1 amide bonds. The Bertz CT molecular complexity index is 503. The molecule has 0 spiro atoms. The molecular weight excluding hydrogens is 328 g/mol. The molecule has 1 fully saturated rings. The van der Waals surface area contributed by atoms with Crippen LogP contribution in [-0.2, 0) is 11.0 Å². The van der Waals surface area contributed by atoms with Crippen LogP contribution >= 0.6 is 24.0 Å². The second-order valence-corrected chi connectivity index (χ2v) is 5.11. The first kappa shape index (κ1) is 18.1. The largest absolute Gasteiger partial charge is 0.417 e. The first-order valence-corrected chi connectivity index (χ1v) is 6.64. The Labute approximate surface area is 131 Å². The third-order valence-corrected chi connectivity index (χ3v) is 3.58. The van der Waals surface area contributed by atoms with E-state index in [9.17, 15) is 18.0 Å². The van der Waals surface area contributed by atoms with Gasteiger partial charge in [-0.3, -0.25) is 4.79 Å². The molecule has 1 aromatic rings. The van der Waals surface area contributed by atoms with Gasteiger partial charge in [0.25, 0.3) is 0 Å². The maximum Gasteiger partial charge on any atom is 0.417 e. The molecule has 0 atom stereocenters. The Morgan fingerprint density at radius 3 is 2.48 bits per heavy atom. The van der Waals surface area contributed by atoms with Gasteiger partial charge < -0.3 is 10.6 Å². The summed E-state index contributed by atoms with van der Waals surface area (Å²) in [7, 11) is 0. The molecule has 1 heterocycles. The van der Waals surface area contributed by atoms with Gasteiger partial charge in [-0.15, -0.1) is 12.4 Å². The van der Waals surface area contributed by atoms with Crippen molar-refractivity contribution in [3.8, 4) is 0 Å². The molecule has 0 unspecified atom stereocenters. The van der Waals surface area contributed by atoms with Gasteiger partial charge in [-0.2, -0.15) is 13.2 Å². The summed E-state index contributed by atoms with van der Waals surface area (Å²) >= 11 is 5.53. The monoisotopic (exact) mass is 342 g/mol. The highest BCUT2D eigenvalue weighted by Crippen LogP contribution is 2.36.